The Labute approximate surface area is 135 Å². The summed E-state index contributed by atoms with van der Waals surface area (Å²) >= 11 is 6.02. The maximum absolute atomic E-state index is 11.9. The van der Waals surface area contributed by atoms with Crippen LogP contribution in [0.2, 0.25) is 5.02 Å². The number of carbonyl (C=O) groups excluding carboxylic acids is 1. The van der Waals surface area contributed by atoms with E-state index < -0.39 is 0 Å². The average molecular weight is 319 g/mol. The Balaban J connectivity index is 2.18. The summed E-state index contributed by atoms with van der Waals surface area (Å²) in [5.74, 6) is 0. The molecule has 2 rings (SSSR count). The van der Waals surface area contributed by atoms with Crippen molar-refractivity contribution in [2.45, 2.75) is 6.92 Å². The van der Waals surface area contributed by atoms with Crippen LogP contribution in [-0.4, -0.2) is 36.2 Å². The van der Waals surface area contributed by atoms with Gasteiger partial charge < -0.3 is 15.3 Å². The van der Waals surface area contributed by atoms with Gasteiger partial charge in [0.1, 0.15) is 0 Å². The van der Waals surface area contributed by atoms with Crippen molar-refractivity contribution in [1.29, 1.82) is 0 Å². The molecule has 0 fully saturated rings. The zero-order valence-corrected chi connectivity index (χ0v) is 13.4. The van der Waals surface area contributed by atoms with Gasteiger partial charge in [0.15, 0.2) is 0 Å². The number of aliphatic hydroxyl groups is 1. The van der Waals surface area contributed by atoms with Crippen LogP contribution in [0.25, 0.3) is 11.1 Å². The third kappa shape index (κ3) is 4.00. The molecule has 2 aromatic carbocycles. The molecule has 5 heteroatoms. The SMILES string of the molecule is Cc1cc(-c2cccc(Cl)c2)ccc1NC(=O)N(C)CCO. The molecule has 116 valence electrons. The molecule has 2 amide bonds. The molecule has 0 saturated heterocycles. The maximum atomic E-state index is 11.9. The van der Waals surface area contributed by atoms with Gasteiger partial charge in [0.2, 0.25) is 0 Å². The van der Waals surface area contributed by atoms with Gasteiger partial charge in [0.25, 0.3) is 0 Å². The van der Waals surface area contributed by atoms with E-state index in [0.717, 1.165) is 22.4 Å². The molecular weight excluding hydrogens is 300 g/mol. The number of rotatable bonds is 4. The molecule has 22 heavy (non-hydrogen) atoms. The normalized spacial score (nSPS) is 10.4. The Bertz CT molecular complexity index is 673. The lowest BCUT2D eigenvalue weighted by molar-refractivity contribution is 0.202. The second-order valence-corrected chi connectivity index (χ2v) is 5.55. The van der Waals surface area contributed by atoms with E-state index in [1.807, 2.05) is 49.4 Å². The largest absolute Gasteiger partial charge is 0.395 e. The number of urea groups is 1. The molecule has 0 radical (unpaired) electrons. The first-order valence-corrected chi connectivity index (χ1v) is 7.38. The number of benzene rings is 2. The summed E-state index contributed by atoms with van der Waals surface area (Å²) in [5.41, 5.74) is 3.79. The second kappa shape index (κ2) is 7.29. The van der Waals surface area contributed by atoms with Gasteiger partial charge >= 0.3 is 6.03 Å². The number of amides is 2. The van der Waals surface area contributed by atoms with Crippen LogP contribution < -0.4 is 5.32 Å². The average Bonchev–Trinajstić information content (AvgIpc) is 2.49. The molecule has 0 spiro atoms. The predicted molar refractivity (Wildman–Crippen MR) is 90.4 cm³/mol. The summed E-state index contributed by atoms with van der Waals surface area (Å²) in [6.07, 6.45) is 0. The molecule has 0 saturated carbocycles. The smallest absolute Gasteiger partial charge is 0.321 e. The first-order valence-electron chi connectivity index (χ1n) is 7.01. The molecule has 0 heterocycles. The highest BCUT2D eigenvalue weighted by Crippen LogP contribution is 2.26. The lowest BCUT2D eigenvalue weighted by Gasteiger charge is -2.18. The van der Waals surface area contributed by atoms with Gasteiger partial charge in [0.05, 0.1) is 6.61 Å². The molecule has 0 aromatic heterocycles. The van der Waals surface area contributed by atoms with Gasteiger partial charge in [-0.1, -0.05) is 29.8 Å². The van der Waals surface area contributed by atoms with Crippen LogP contribution in [0.3, 0.4) is 0 Å². The summed E-state index contributed by atoms with van der Waals surface area (Å²) in [5, 5.41) is 12.4. The molecule has 4 nitrogen and oxygen atoms in total. The van der Waals surface area contributed by atoms with E-state index in [4.69, 9.17) is 16.7 Å². The number of nitrogens with zero attached hydrogens (tertiary/aromatic N) is 1. The van der Waals surface area contributed by atoms with E-state index in [2.05, 4.69) is 5.32 Å². The Hall–Kier alpha value is -2.04. The fraction of sp³-hybridized carbons (Fsp3) is 0.235. The van der Waals surface area contributed by atoms with E-state index in [1.54, 1.807) is 7.05 Å². The van der Waals surface area contributed by atoms with E-state index in [-0.39, 0.29) is 12.6 Å². The number of halogens is 1. The molecule has 0 unspecified atom stereocenters. The maximum Gasteiger partial charge on any atom is 0.321 e. The van der Waals surface area contributed by atoms with Crippen LogP contribution in [-0.2, 0) is 0 Å². The fourth-order valence-electron chi connectivity index (χ4n) is 2.11. The van der Waals surface area contributed by atoms with Crippen LogP contribution in [0.1, 0.15) is 5.56 Å². The van der Waals surface area contributed by atoms with Crippen molar-refractivity contribution in [2.75, 3.05) is 25.5 Å². The minimum atomic E-state index is -0.243. The van der Waals surface area contributed by atoms with Crippen molar-refractivity contribution in [3.05, 3.63) is 53.1 Å². The number of carbonyl (C=O) groups is 1. The predicted octanol–water partition coefficient (Wildman–Crippen LogP) is 3.77. The van der Waals surface area contributed by atoms with Gasteiger partial charge in [-0.2, -0.15) is 0 Å². The Morgan fingerprint density at radius 1 is 1.23 bits per heavy atom. The highest BCUT2D eigenvalue weighted by molar-refractivity contribution is 6.30. The standard InChI is InChI=1S/C17H19ClN2O2/c1-12-10-14(13-4-3-5-15(18)11-13)6-7-16(12)19-17(22)20(2)8-9-21/h3-7,10-11,21H,8-9H2,1-2H3,(H,19,22). The molecule has 0 aliphatic carbocycles. The number of hydrogen-bond acceptors (Lipinski definition) is 2. The second-order valence-electron chi connectivity index (χ2n) is 5.12. The first kappa shape index (κ1) is 16.3. The molecule has 0 aliphatic heterocycles. The molecule has 0 bridgehead atoms. The third-order valence-electron chi connectivity index (χ3n) is 3.41. The molecule has 0 atom stereocenters. The molecule has 0 aliphatic rings. The van der Waals surface area contributed by atoms with E-state index >= 15 is 0 Å². The highest BCUT2D eigenvalue weighted by Gasteiger charge is 2.10. The summed E-state index contributed by atoms with van der Waals surface area (Å²) < 4.78 is 0. The summed E-state index contributed by atoms with van der Waals surface area (Å²) in [4.78, 5) is 13.4. The van der Waals surface area contributed by atoms with Crippen LogP contribution >= 0.6 is 11.6 Å². The van der Waals surface area contributed by atoms with Crippen LogP contribution in [0.4, 0.5) is 10.5 Å². The van der Waals surface area contributed by atoms with Crippen molar-refractivity contribution < 1.29 is 9.90 Å². The zero-order chi connectivity index (χ0) is 16.1. The van der Waals surface area contributed by atoms with Gasteiger partial charge in [-0.25, -0.2) is 4.79 Å². The molecule has 2 N–H and O–H groups in total. The topological polar surface area (TPSA) is 52.6 Å². The van der Waals surface area contributed by atoms with Crippen molar-refractivity contribution in [3.63, 3.8) is 0 Å². The zero-order valence-electron chi connectivity index (χ0n) is 12.6. The van der Waals surface area contributed by atoms with Crippen LogP contribution in [0.5, 0.6) is 0 Å². The van der Waals surface area contributed by atoms with E-state index in [0.29, 0.717) is 11.6 Å². The number of hydrogen-bond donors (Lipinski definition) is 2. The summed E-state index contributed by atoms with van der Waals surface area (Å²) in [6.45, 7) is 2.18. The Morgan fingerprint density at radius 2 is 1.95 bits per heavy atom. The Morgan fingerprint density at radius 3 is 2.59 bits per heavy atom. The lowest BCUT2D eigenvalue weighted by atomic mass is 10.0. The first-order chi connectivity index (χ1) is 10.5. The van der Waals surface area contributed by atoms with Crippen molar-refractivity contribution in [3.8, 4) is 11.1 Å². The van der Waals surface area contributed by atoms with Gasteiger partial charge in [-0.3, -0.25) is 0 Å². The number of anilines is 1. The summed E-state index contributed by atoms with van der Waals surface area (Å²) in [6, 6.07) is 13.2. The van der Waals surface area contributed by atoms with Crippen LogP contribution in [0, 0.1) is 6.92 Å². The van der Waals surface area contributed by atoms with E-state index in [9.17, 15) is 4.79 Å². The number of likely N-dealkylation sites (N-methyl/N-ethyl adjacent to an activating group) is 1. The monoisotopic (exact) mass is 318 g/mol. The molecule has 2 aromatic rings. The number of aliphatic hydroxyl groups excluding tert-OH is 1. The third-order valence-corrected chi connectivity index (χ3v) is 3.64. The molecular formula is C17H19ClN2O2. The Kier molecular flexibility index (Phi) is 5.41. The highest BCUT2D eigenvalue weighted by atomic mass is 35.5. The number of aryl methyl sites for hydroxylation is 1. The number of nitrogens with one attached hydrogen (secondary N) is 1. The van der Waals surface area contributed by atoms with Gasteiger partial charge in [-0.15, -0.1) is 0 Å². The minimum absolute atomic E-state index is 0.0589. The van der Waals surface area contributed by atoms with E-state index in [1.165, 1.54) is 4.90 Å². The fourth-order valence-corrected chi connectivity index (χ4v) is 2.30. The van der Waals surface area contributed by atoms with Gasteiger partial charge in [0, 0.05) is 24.3 Å². The van der Waals surface area contributed by atoms with Crippen molar-refractivity contribution in [1.82, 2.24) is 4.90 Å². The van der Waals surface area contributed by atoms with Crippen molar-refractivity contribution >= 4 is 23.3 Å². The minimum Gasteiger partial charge on any atom is -0.395 e. The summed E-state index contributed by atoms with van der Waals surface area (Å²) in [7, 11) is 1.64. The van der Waals surface area contributed by atoms with Crippen LogP contribution in [0.15, 0.2) is 42.5 Å². The van der Waals surface area contributed by atoms with Gasteiger partial charge in [-0.05, 0) is 47.9 Å². The van der Waals surface area contributed by atoms with Crippen molar-refractivity contribution in [2.24, 2.45) is 0 Å². The lowest BCUT2D eigenvalue weighted by Crippen LogP contribution is -2.33. The quantitative estimate of drug-likeness (QED) is 0.901.